The molecule has 0 aliphatic carbocycles. The van der Waals surface area contributed by atoms with Crippen LogP contribution in [-0.2, 0) is 16.4 Å². The smallest absolute Gasteiger partial charge is 0.238 e. The maximum Gasteiger partial charge on any atom is 0.238 e. The minimum Gasteiger partial charge on any atom is -0.241 e. The molecule has 0 fully saturated rings. The maximum absolute atomic E-state index is 11.7. The van der Waals surface area contributed by atoms with Crippen LogP contribution in [0.3, 0.4) is 0 Å². The number of aromatic nitrogens is 2. The first-order chi connectivity index (χ1) is 8.93. The summed E-state index contributed by atoms with van der Waals surface area (Å²) < 4.78 is 23.5. The number of sulfonamides is 1. The number of hydrogen-bond donors (Lipinski definition) is 1. The minimum atomic E-state index is -3.79. The van der Waals surface area contributed by atoms with Gasteiger partial charge in [-0.15, -0.1) is 0 Å². The van der Waals surface area contributed by atoms with Gasteiger partial charge in [0, 0.05) is 18.2 Å². The van der Waals surface area contributed by atoms with Crippen LogP contribution in [0, 0.1) is 6.92 Å². The molecule has 2 aromatic rings. The van der Waals surface area contributed by atoms with Crippen molar-refractivity contribution in [2.75, 3.05) is 0 Å². The summed E-state index contributed by atoms with van der Waals surface area (Å²) in [6.07, 6.45) is 2.31. The van der Waals surface area contributed by atoms with Crippen molar-refractivity contribution in [1.82, 2.24) is 9.97 Å². The highest BCUT2D eigenvalue weighted by molar-refractivity contribution is 7.89. The minimum absolute atomic E-state index is 0.121. The second-order valence-electron chi connectivity index (χ2n) is 4.21. The lowest BCUT2D eigenvalue weighted by Gasteiger charge is -2.10. The quantitative estimate of drug-likeness (QED) is 0.924. The molecule has 0 saturated heterocycles. The molecule has 0 bridgehead atoms. The van der Waals surface area contributed by atoms with Crippen LogP contribution in [-0.4, -0.2) is 18.4 Å². The Hall–Kier alpha value is -1.79. The highest BCUT2D eigenvalue weighted by atomic mass is 32.2. The monoisotopic (exact) mass is 277 g/mol. The van der Waals surface area contributed by atoms with Crippen molar-refractivity contribution in [1.29, 1.82) is 0 Å². The Morgan fingerprint density at radius 2 is 2.00 bits per heavy atom. The summed E-state index contributed by atoms with van der Waals surface area (Å²) in [5, 5.41) is 5.30. The summed E-state index contributed by atoms with van der Waals surface area (Å²) >= 11 is 0. The summed E-state index contributed by atoms with van der Waals surface area (Å²) in [5.74, 6) is 0.666. The fourth-order valence-corrected chi connectivity index (χ4v) is 2.95. The van der Waals surface area contributed by atoms with Gasteiger partial charge in [0.05, 0.1) is 10.6 Å². The Morgan fingerprint density at radius 1 is 1.26 bits per heavy atom. The number of nitrogens with two attached hydrogens (primary N) is 1. The van der Waals surface area contributed by atoms with E-state index < -0.39 is 10.0 Å². The molecule has 0 aliphatic heterocycles. The Morgan fingerprint density at radius 3 is 2.63 bits per heavy atom. The first-order valence-corrected chi connectivity index (χ1v) is 7.43. The topological polar surface area (TPSA) is 85.9 Å². The van der Waals surface area contributed by atoms with Crippen LogP contribution in [0.1, 0.15) is 18.3 Å². The summed E-state index contributed by atoms with van der Waals surface area (Å²) in [6, 6.07) is 6.88. The summed E-state index contributed by atoms with van der Waals surface area (Å²) in [7, 11) is -3.79. The van der Waals surface area contributed by atoms with Crippen molar-refractivity contribution in [2.24, 2.45) is 5.14 Å². The lowest BCUT2D eigenvalue weighted by molar-refractivity contribution is 0.597. The molecule has 1 aromatic heterocycles. The Kier molecular flexibility index (Phi) is 3.64. The molecule has 0 spiro atoms. The molecule has 2 rings (SSSR count). The van der Waals surface area contributed by atoms with Crippen molar-refractivity contribution in [3.63, 3.8) is 0 Å². The van der Waals surface area contributed by atoms with Crippen molar-refractivity contribution in [3.8, 4) is 11.3 Å². The third kappa shape index (κ3) is 2.80. The van der Waals surface area contributed by atoms with Crippen LogP contribution in [0.15, 0.2) is 35.4 Å². The maximum atomic E-state index is 11.7. The predicted molar refractivity (Wildman–Crippen MR) is 73.0 cm³/mol. The van der Waals surface area contributed by atoms with Gasteiger partial charge in [-0.25, -0.2) is 23.5 Å². The molecule has 0 aliphatic rings. The fraction of sp³-hybridized carbons (Fsp3) is 0.231. The summed E-state index contributed by atoms with van der Waals surface area (Å²) in [6.45, 7) is 3.65. The molecule has 5 nitrogen and oxygen atoms in total. The van der Waals surface area contributed by atoms with E-state index in [0.717, 1.165) is 0 Å². The van der Waals surface area contributed by atoms with E-state index in [4.69, 9.17) is 5.14 Å². The molecule has 1 heterocycles. The van der Waals surface area contributed by atoms with Gasteiger partial charge in [-0.3, -0.25) is 0 Å². The van der Waals surface area contributed by atoms with E-state index in [0.29, 0.717) is 29.1 Å². The number of rotatable bonds is 3. The second-order valence-corrected chi connectivity index (χ2v) is 5.71. The lowest BCUT2D eigenvalue weighted by Crippen LogP contribution is -2.15. The largest absolute Gasteiger partial charge is 0.241 e. The van der Waals surface area contributed by atoms with Gasteiger partial charge in [-0.1, -0.05) is 25.1 Å². The van der Waals surface area contributed by atoms with E-state index in [-0.39, 0.29) is 4.90 Å². The third-order valence-electron chi connectivity index (χ3n) is 2.79. The zero-order valence-electron chi connectivity index (χ0n) is 10.8. The molecule has 1 aromatic carbocycles. The zero-order chi connectivity index (χ0) is 14.0. The van der Waals surface area contributed by atoms with Gasteiger partial charge in [-0.2, -0.15) is 0 Å². The highest BCUT2D eigenvalue weighted by Crippen LogP contribution is 2.27. The molecule has 100 valence electrons. The molecule has 2 N–H and O–H groups in total. The number of nitrogens with zero attached hydrogens (tertiary/aromatic N) is 2. The van der Waals surface area contributed by atoms with Gasteiger partial charge in [0.2, 0.25) is 10.0 Å². The van der Waals surface area contributed by atoms with Gasteiger partial charge in [0.15, 0.2) is 0 Å². The number of aryl methyl sites for hydroxylation is 2. The van der Waals surface area contributed by atoms with Crippen molar-refractivity contribution < 1.29 is 8.42 Å². The van der Waals surface area contributed by atoms with Gasteiger partial charge >= 0.3 is 0 Å². The van der Waals surface area contributed by atoms with Crippen LogP contribution >= 0.6 is 0 Å². The lowest BCUT2D eigenvalue weighted by atomic mass is 10.1. The van der Waals surface area contributed by atoms with Gasteiger partial charge in [0.1, 0.15) is 5.82 Å². The number of primary sulfonamides is 1. The molecular formula is C13H15N3O2S. The second kappa shape index (κ2) is 5.07. The SMILES string of the molecule is CCc1nccc(-c2cccc(C)c2S(N)(=O)=O)n1. The number of hydrogen-bond acceptors (Lipinski definition) is 4. The van der Waals surface area contributed by atoms with E-state index in [9.17, 15) is 8.42 Å². The third-order valence-corrected chi connectivity index (χ3v) is 3.90. The van der Waals surface area contributed by atoms with E-state index in [1.54, 1.807) is 37.4 Å². The van der Waals surface area contributed by atoms with Crippen LogP contribution in [0.4, 0.5) is 0 Å². The highest BCUT2D eigenvalue weighted by Gasteiger charge is 2.18. The van der Waals surface area contributed by atoms with E-state index in [2.05, 4.69) is 9.97 Å². The molecule has 0 saturated carbocycles. The molecule has 0 atom stereocenters. The van der Waals surface area contributed by atoms with Crippen molar-refractivity contribution >= 4 is 10.0 Å². The van der Waals surface area contributed by atoms with E-state index in [1.165, 1.54) is 0 Å². The zero-order valence-corrected chi connectivity index (χ0v) is 11.6. The van der Waals surface area contributed by atoms with Crippen LogP contribution in [0.2, 0.25) is 0 Å². The van der Waals surface area contributed by atoms with Crippen molar-refractivity contribution in [2.45, 2.75) is 25.2 Å². The molecule has 0 radical (unpaired) electrons. The van der Waals surface area contributed by atoms with Crippen LogP contribution < -0.4 is 5.14 Å². The predicted octanol–water partition coefficient (Wildman–Crippen LogP) is 1.66. The van der Waals surface area contributed by atoms with Crippen LogP contribution in [0.25, 0.3) is 11.3 Å². The molecule has 0 amide bonds. The Balaban J connectivity index is 2.72. The molecule has 19 heavy (non-hydrogen) atoms. The first-order valence-electron chi connectivity index (χ1n) is 5.88. The standard InChI is InChI=1S/C13H15N3O2S/c1-3-12-15-8-7-11(16-12)10-6-4-5-9(2)13(10)19(14,17)18/h4-8H,3H2,1-2H3,(H2,14,17,18). The Bertz CT molecular complexity index is 712. The molecule has 0 unspecified atom stereocenters. The van der Waals surface area contributed by atoms with E-state index >= 15 is 0 Å². The normalized spacial score (nSPS) is 11.5. The van der Waals surface area contributed by atoms with E-state index in [1.807, 2.05) is 6.92 Å². The van der Waals surface area contributed by atoms with Gasteiger partial charge < -0.3 is 0 Å². The first kappa shape index (κ1) is 13.6. The average Bonchev–Trinajstić information content (AvgIpc) is 2.37. The Labute approximate surface area is 112 Å². The van der Waals surface area contributed by atoms with Gasteiger partial charge in [-0.05, 0) is 18.6 Å². The fourth-order valence-electron chi connectivity index (χ4n) is 1.95. The summed E-state index contributed by atoms with van der Waals surface area (Å²) in [5.41, 5.74) is 1.69. The molecular weight excluding hydrogens is 262 g/mol. The average molecular weight is 277 g/mol. The summed E-state index contributed by atoms with van der Waals surface area (Å²) in [4.78, 5) is 8.57. The van der Waals surface area contributed by atoms with Gasteiger partial charge in [0.25, 0.3) is 0 Å². The van der Waals surface area contributed by atoms with Crippen molar-refractivity contribution in [3.05, 3.63) is 41.9 Å². The molecule has 6 heteroatoms. The van der Waals surface area contributed by atoms with Crippen LogP contribution in [0.5, 0.6) is 0 Å². The number of benzene rings is 1.